The number of fused-ring (bicyclic) bond motifs is 36. The molecule has 10 heteroatoms. The largest absolute Gasteiger partial charge is 0.276 e. The van der Waals surface area contributed by atoms with E-state index in [4.69, 9.17) is 21.6 Å². The summed E-state index contributed by atoms with van der Waals surface area (Å²) in [6.07, 6.45) is 1.02. The second kappa shape index (κ2) is 23.1. The zero-order chi connectivity index (χ0) is 67.5. The Morgan fingerprint density at radius 1 is 0.282 bits per heavy atom. The van der Waals surface area contributed by atoms with E-state index in [9.17, 15) is 0 Å². The van der Waals surface area contributed by atoms with Gasteiger partial charge in [-0.1, -0.05) is 273 Å². The summed E-state index contributed by atoms with van der Waals surface area (Å²) in [4.78, 5) is 19.9. The average molecular weight is 1400 g/mol. The van der Waals surface area contributed by atoms with E-state index >= 15 is 0 Å². The van der Waals surface area contributed by atoms with Gasteiger partial charge >= 0.3 is 0 Å². The highest BCUT2D eigenvalue weighted by Crippen LogP contribution is 2.56. The minimum atomic E-state index is 0.292. The number of aromatic nitrogens is 5. The van der Waals surface area contributed by atoms with Gasteiger partial charge in [-0.2, -0.15) is 0 Å². The van der Waals surface area contributed by atoms with Gasteiger partial charge in [0.25, 0.3) is 0 Å². The number of benzene rings is 16. The normalized spacial score (nSPS) is 12.3. The lowest BCUT2D eigenvalue weighted by Crippen LogP contribution is -2.03. The van der Waals surface area contributed by atoms with Crippen LogP contribution in [0.1, 0.15) is 11.1 Å². The van der Waals surface area contributed by atoms with E-state index in [2.05, 4.69) is 275 Å². The summed E-state index contributed by atoms with van der Waals surface area (Å²) in [7, 11) is 0. The van der Waals surface area contributed by atoms with Crippen molar-refractivity contribution < 1.29 is 0 Å². The molecule has 480 valence electrons. The van der Waals surface area contributed by atoms with Crippen molar-refractivity contribution in [3.05, 3.63) is 320 Å². The number of nitrogens with zero attached hydrogens (tertiary/aromatic N) is 5. The van der Waals surface area contributed by atoms with Crippen molar-refractivity contribution in [3.8, 4) is 39.6 Å². The Kier molecular flexibility index (Phi) is 13.2. The van der Waals surface area contributed by atoms with E-state index in [0.29, 0.717) is 11.2 Å². The van der Waals surface area contributed by atoms with Crippen LogP contribution in [-0.4, -0.2) is 24.5 Å². The molecule has 7 aromatic heterocycles. The molecule has 1 aliphatic rings. The van der Waals surface area contributed by atoms with E-state index in [1.54, 1.807) is 22.7 Å². The minimum absolute atomic E-state index is 0.292. The van der Waals surface area contributed by atoms with Crippen LogP contribution in [0.2, 0.25) is 5.28 Å². The second-order valence-corrected chi connectivity index (χ2v) is 31.1. The Balaban J connectivity index is 0.000000109. The molecule has 5 nitrogen and oxygen atoms in total. The first-order valence-corrected chi connectivity index (χ1v) is 38.2. The van der Waals surface area contributed by atoms with Crippen molar-refractivity contribution >= 4 is 224 Å². The summed E-state index contributed by atoms with van der Waals surface area (Å²) in [6, 6.07) is 109. The number of rotatable bonds is 3. The number of para-hydroxylation sites is 1. The van der Waals surface area contributed by atoms with Crippen molar-refractivity contribution in [1.29, 1.82) is 0 Å². The van der Waals surface area contributed by atoms with Crippen LogP contribution in [0, 0.1) is 0 Å². The Morgan fingerprint density at radius 2 is 0.660 bits per heavy atom. The highest BCUT2D eigenvalue weighted by atomic mass is 35.5. The van der Waals surface area contributed by atoms with Crippen LogP contribution >= 0.6 is 56.9 Å². The van der Waals surface area contributed by atoms with Gasteiger partial charge in [-0.15, -0.1) is 45.3 Å². The SMILES string of the molecule is Clc1nc(-c2ccccc2)c2sc3ccccc3c2n1.c1ccc(-c2nc(-n3c4ccccc4c4c5c6ccccc6c6ccccc6c5c5c6ccccc6sc5c43)nc3c2sc2ccccc23)cc1.c1ccc2c(c1)Cc1c-2c2c3ccccc3c3ccccc3c2c2c1sc1ccccc12. The molecule has 16 aromatic carbocycles. The van der Waals surface area contributed by atoms with Gasteiger partial charge in [0.15, 0.2) is 0 Å². The van der Waals surface area contributed by atoms with E-state index in [-0.39, 0.29) is 0 Å². The fraction of sp³-hybridized carbons (Fsp3) is 0.0108. The summed E-state index contributed by atoms with van der Waals surface area (Å²) in [5, 5.41) is 26.4. The monoisotopic (exact) mass is 1400 g/mol. The van der Waals surface area contributed by atoms with Crippen molar-refractivity contribution in [2.45, 2.75) is 6.42 Å². The second-order valence-electron chi connectivity index (χ2n) is 26.5. The average Bonchev–Trinajstić information content (AvgIpc) is 1.56. The highest BCUT2D eigenvalue weighted by Gasteiger charge is 2.30. The molecule has 0 unspecified atom stereocenters. The zero-order valence-corrected chi connectivity index (χ0v) is 58.8. The van der Waals surface area contributed by atoms with Crippen LogP contribution in [-0.2, 0) is 6.42 Å². The molecule has 0 amide bonds. The van der Waals surface area contributed by atoms with E-state index in [1.807, 2.05) is 65.1 Å². The first-order valence-electron chi connectivity index (χ1n) is 34.6. The summed E-state index contributed by atoms with van der Waals surface area (Å²) < 4.78 is 12.4. The van der Waals surface area contributed by atoms with Crippen molar-refractivity contribution in [1.82, 2.24) is 24.5 Å². The van der Waals surface area contributed by atoms with Crippen LogP contribution in [0.3, 0.4) is 0 Å². The molecule has 0 saturated carbocycles. The van der Waals surface area contributed by atoms with Crippen LogP contribution in [0.15, 0.2) is 303 Å². The Labute approximate surface area is 609 Å². The summed E-state index contributed by atoms with van der Waals surface area (Å²) in [5.74, 6) is 0.694. The Bertz CT molecular complexity index is 7560. The smallest absolute Gasteiger partial charge is 0.235 e. The zero-order valence-electron chi connectivity index (χ0n) is 54.8. The van der Waals surface area contributed by atoms with Gasteiger partial charge < -0.3 is 0 Å². The molecule has 1 aliphatic carbocycles. The molecule has 0 radical (unpaired) electrons. The molecule has 0 bridgehead atoms. The Morgan fingerprint density at radius 3 is 1.21 bits per heavy atom. The van der Waals surface area contributed by atoms with E-state index < -0.39 is 0 Å². The Hall–Kier alpha value is -11.8. The lowest BCUT2D eigenvalue weighted by Gasteiger charge is -2.16. The molecular formula is C93H52ClN5S4. The lowest BCUT2D eigenvalue weighted by atomic mass is 9.87. The van der Waals surface area contributed by atoms with Gasteiger partial charge in [0.05, 0.1) is 47.6 Å². The fourth-order valence-electron chi connectivity index (χ4n) is 16.9. The van der Waals surface area contributed by atoms with Gasteiger partial charge in [-0.05, 0) is 113 Å². The summed E-state index contributed by atoms with van der Waals surface area (Å²) >= 11 is 13.4. The summed E-state index contributed by atoms with van der Waals surface area (Å²) in [5.41, 5.74) is 14.0. The number of hydrogen-bond acceptors (Lipinski definition) is 8. The summed E-state index contributed by atoms with van der Waals surface area (Å²) in [6.45, 7) is 0. The maximum Gasteiger partial charge on any atom is 0.235 e. The predicted octanol–water partition coefficient (Wildman–Crippen LogP) is 27.7. The van der Waals surface area contributed by atoms with Gasteiger partial charge in [0, 0.05) is 100 Å². The standard InChI is InChI=1S/C46H25N3S2.C31H18S.C16H9ClN2S/c1-2-14-26(15-3-1)41-45-42(33-22-10-13-25-36(33)51-45)48-46(47-41)49-34-23-11-8-20-31(34)39-37-29-18-6-4-16-27(29)28-17-5-7-19-30(28)38(37)40-32-21-9-12-24-35(32)50-44(40)43(39)49;1-2-10-19-18(9-1)17-25-27(19)28-22-13-5-3-11-20(22)21-12-4-6-14-23(21)29(28)30-24-15-7-8-16-26(24)32-31(25)30;17-16-18-13(10-6-2-1-3-7-10)15-14(19-16)11-8-4-5-9-12(11)20-15/h1-25H;1-16H,17H2;1-9H. The van der Waals surface area contributed by atoms with Gasteiger partial charge in [-0.25, -0.2) is 19.9 Å². The molecule has 0 atom stereocenters. The van der Waals surface area contributed by atoms with Gasteiger partial charge in [0.1, 0.15) is 0 Å². The molecule has 23 aromatic rings. The van der Waals surface area contributed by atoms with Crippen LogP contribution in [0.4, 0.5) is 0 Å². The number of halogens is 1. The first kappa shape index (κ1) is 59.0. The molecule has 7 heterocycles. The topological polar surface area (TPSA) is 56.5 Å². The van der Waals surface area contributed by atoms with E-state index in [1.165, 1.54) is 153 Å². The third-order valence-electron chi connectivity index (χ3n) is 21.1. The van der Waals surface area contributed by atoms with Crippen LogP contribution < -0.4 is 0 Å². The van der Waals surface area contributed by atoms with E-state index in [0.717, 1.165) is 65.7 Å². The molecule has 24 rings (SSSR count). The number of hydrogen-bond donors (Lipinski definition) is 0. The fourth-order valence-corrected chi connectivity index (χ4v) is 21.9. The van der Waals surface area contributed by atoms with Gasteiger partial charge in [0.2, 0.25) is 11.2 Å². The van der Waals surface area contributed by atoms with Crippen molar-refractivity contribution in [2.75, 3.05) is 0 Å². The molecule has 0 spiro atoms. The first-order chi connectivity index (χ1) is 51.1. The third kappa shape index (κ3) is 8.81. The third-order valence-corrected chi connectivity index (χ3v) is 26.0. The van der Waals surface area contributed by atoms with Crippen LogP contribution in [0.25, 0.3) is 207 Å². The molecule has 0 saturated heterocycles. The lowest BCUT2D eigenvalue weighted by molar-refractivity contribution is 1.02. The number of thiophene rings is 4. The van der Waals surface area contributed by atoms with Crippen molar-refractivity contribution in [3.63, 3.8) is 0 Å². The van der Waals surface area contributed by atoms with Crippen LogP contribution in [0.5, 0.6) is 0 Å². The minimum Gasteiger partial charge on any atom is -0.276 e. The molecule has 0 N–H and O–H groups in total. The van der Waals surface area contributed by atoms with Crippen molar-refractivity contribution in [2.24, 2.45) is 0 Å². The molecular weight excluding hydrogens is 1350 g/mol. The maximum absolute atomic E-state index is 6.11. The highest BCUT2D eigenvalue weighted by molar-refractivity contribution is 7.28. The van der Waals surface area contributed by atoms with Gasteiger partial charge in [-0.3, -0.25) is 4.57 Å². The predicted molar refractivity (Wildman–Crippen MR) is 446 cm³/mol. The molecule has 0 aliphatic heterocycles. The quantitative estimate of drug-likeness (QED) is 0.131. The molecule has 0 fully saturated rings. The molecule has 103 heavy (non-hydrogen) atoms. The maximum atomic E-state index is 6.11.